The van der Waals surface area contributed by atoms with E-state index in [4.69, 9.17) is 4.74 Å². The van der Waals surface area contributed by atoms with Crippen molar-refractivity contribution in [3.05, 3.63) is 25.6 Å². The summed E-state index contributed by atoms with van der Waals surface area (Å²) in [5.41, 5.74) is 0. The van der Waals surface area contributed by atoms with Crippen LogP contribution in [0.5, 0.6) is 5.75 Å². The van der Waals surface area contributed by atoms with Gasteiger partial charge in [0.1, 0.15) is 5.75 Å². The SMILES string of the molecule is COc1ccc2scc(I)c2c1Br. The Morgan fingerprint density at radius 2 is 2.23 bits per heavy atom. The maximum absolute atomic E-state index is 5.23. The van der Waals surface area contributed by atoms with Gasteiger partial charge in [-0.2, -0.15) is 0 Å². The smallest absolute Gasteiger partial charge is 0.133 e. The molecule has 0 saturated heterocycles. The third kappa shape index (κ3) is 1.59. The Labute approximate surface area is 102 Å². The van der Waals surface area contributed by atoms with E-state index in [1.807, 2.05) is 6.07 Å². The van der Waals surface area contributed by atoms with Gasteiger partial charge in [0.25, 0.3) is 0 Å². The topological polar surface area (TPSA) is 9.23 Å². The molecule has 2 aromatic rings. The second-order valence-corrected chi connectivity index (χ2v) is 5.41. The first-order valence-corrected chi connectivity index (χ1v) is 6.38. The molecule has 1 aromatic carbocycles. The Hall–Kier alpha value is 0.190. The van der Waals surface area contributed by atoms with E-state index < -0.39 is 0 Å². The monoisotopic (exact) mass is 368 g/mol. The van der Waals surface area contributed by atoms with E-state index in [1.165, 1.54) is 13.7 Å². The molecular formula is C9H6BrIOS. The summed E-state index contributed by atoms with van der Waals surface area (Å²) >= 11 is 7.64. The van der Waals surface area contributed by atoms with Crippen molar-refractivity contribution >= 4 is 59.9 Å². The van der Waals surface area contributed by atoms with Crippen LogP contribution in [0, 0.1) is 3.57 Å². The fourth-order valence-electron chi connectivity index (χ4n) is 1.19. The molecule has 0 atom stereocenters. The van der Waals surface area contributed by atoms with Crippen LogP contribution in [-0.2, 0) is 0 Å². The molecule has 0 unspecified atom stereocenters. The van der Waals surface area contributed by atoms with Crippen LogP contribution in [0.3, 0.4) is 0 Å². The standard InChI is InChI=1S/C9H6BrIOS/c1-12-6-2-3-7-8(9(6)10)5(11)4-13-7/h2-4H,1H3. The Morgan fingerprint density at radius 1 is 1.46 bits per heavy atom. The minimum Gasteiger partial charge on any atom is -0.496 e. The van der Waals surface area contributed by atoms with Crippen LogP contribution in [0.15, 0.2) is 22.0 Å². The van der Waals surface area contributed by atoms with Crippen molar-refractivity contribution in [1.82, 2.24) is 0 Å². The molecule has 13 heavy (non-hydrogen) atoms. The van der Waals surface area contributed by atoms with E-state index in [0.717, 1.165) is 10.2 Å². The summed E-state index contributed by atoms with van der Waals surface area (Å²) in [7, 11) is 1.69. The second kappa shape index (κ2) is 3.74. The van der Waals surface area contributed by atoms with E-state index in [0.29, 0.717) is 0 Å². The Balaban J connectivity index is 2.83. The highest BCUT2D eigenvalue weighted by Crippen LogP contribution is 2.38. The highest BCUT2D eigenvalue weighted by Gasteiger charge is 2.09. The van der Waals surface area contributed by atoms with Gasteiger partial charge in [-0.1, -0.05) is 0 Å². The Bertz CT molecular complexity index is 452. The first kappa shape index (κ1) is 9.73. The normalized spacial score (nSPS) is 10.7. The van der Waals surface area contributed by atoms with Gasteiger partial charge in [0.05, 0.1) is 11.6 Å². The summed E-state index contributed by atoms with van der Waals surface area (Å²) in [5.74, 6) is 0.892. The molecule has 0 saturated carbocycles. The van der Waals surface area contributed by atoms with Crippen molar-refractivity contribution < 1.29 is 4.74 Å². The fourth-order valence-corrected chi connectivity index (χ4v) is 4.36. The zero-order valence-electron chi connectivity index (χ0n) is 6.80. The first-order valence-electron chi connectivity index (χ1n) is 3.63. The molecule has 0 N–H and O–H groups in total. The van der Waals surface area contributed by atoms with Crippen LogP contribution in [0.2, 0.25) is 0 Å². The molecule has 1 nitrogen and oxygen atoms in total. The van der Waals surface area contributed by atoms with E-state index in [1.54, 1.807) is 18.4 Å². The third-order valence-corrected chi connectivity index (χ3v) is 4.82. The van der Waals surface area contributed by atoms with Gasteiger partial charge < -0.3 is 4.74 Å². The summed E-state index contributed by atoms with van der Waals surface area (Å²) in [6.45, 7) is 0. The Kier molecular flexibility index (Phi) is 2.80. The lowest BCUT2D eigenvalue weighted by atomic mass is 10.2. The zero-order valence-corrected chi connectivity index (χ0v) is 11.4. The number of thiophene rings is 1. The van der Waals surface area contributed by atoms with Gasteiger partial charge in [0.15, 0.2) is 0 Å². The highest BCUT2D eigenvalue weighted by atomic mass is 127. The Morgan fingerprint density at radius 3 is 2.92 bits per heavy atom. The summed E-state index contributed by atoms with van der Waals surface area (Å²) < 4.78 is 8.84. The predicted octanol–water partition coefficient (Wildman–Crippen LogP) is 4.28. The van der Waals surface area contributed by atoms with Gasteiger partial charge in [-0.25, -0.2) is 0 Å². The molecule has 1 heterocycles. The molecule has 0 aliphatic rings. The van der Waals surface area contributed by atoms with E-state index >= 15 is 0 Å². The van der Waals surface area contributed by atoms with Crippen molar-refractivity contribution in [2.75, 3.05) is 7.11 Å². The molecular weight excluding hydrogens is 363 g/mol. The molecule has 1 aromatic heterocycles. The lowest BCUT2D eigenvalue weighted by molar-refractivity contribution is 0.413. The number of methoxy groups -OCH3 is 1. The molecule has 0 aliphatic carbocycles. The number of hydrogen-bond acceptors (Lipinski definition) is 2. The van der Waals surface area contributed by atoms with Gasteiger partial charge in [-0.3, -0.25) is 0 Å². The molecule has 0 bridgehead atoms. The minimum absolute atomic E-state index is 0.892. The molecule has 0 amide bonds. The van der Waals surface area contributed by atoms with Crippen LogP contribution < -0.4 is 4.74 Å². The quantitative estimate of drug-likeness (QED) is 0.683. The maximum atomic E-state index is 5.23. The number of ether oxygens (including phenoxy) is 1. The van der Waals surface area contributed by atoms with E-state index in [9.17, 15) is 0 Å². The summed E-state index contributed by atoms with van der Waals surface area (Å²) in [5, 5.41) is 3.40. The number of halogens is 2. The highest BCUT2D eigenvalue weighted by molar-refractivity contribution is 14.1. The van der Waals surface area contributed by atoms with Crippen LogP contribution >= 0.6 is 49.9 Å². The van der Waals surface area contributed by atoms with Crippen molar-refractivity contribution in [2.45, 2.75) is 0 Å². The van der Waals surface area contributed by atoms with Crippen molar-refractivity contribution in [3.8, 4) is 5.75 Å². The summed E-state index contributed by atoms with van der Waals surface area (Å²) in [6.07, 6.45) is 0. The largest absolute Gasteiger partial charge is 0.496 e. The predicted molar refractivity (Wildman–Crippen MR) is 68.8 cm³/mol. The molecule has 68 valence electrons. The van der Waals surface area contributed by atoms with Gasteiger partial charge in [-0.05, 0) is 50.7 Å². The fraction of sp³-hybridized carbons (Fsp3) is 0.111. The minimum atomic E-state index is 0.892. The van der Waals surface area contributed by atoms with Crippen LogP contribution in [0.25, 0.3) is 10.1 Å². The average molecular weight is 369 g/mol. The second-order valence-electron chi connectivity index (χ2n) is 2.54. The maximum Gasteiger partial charge on any atom is 0.133 e. The molecule has 0 aliphatic heterocycles. The van der Waals surface area contributed by atoms with Gasteiger partial charge in [0.2, 0.25) is 0 Å². The van der Waals surface area contributed by atoms with Crippen molar-refractivity contribution in [2.24, 2.45) is 0 Å². The average Bonchev–Trinajstić information content (AvgIpc) is 2.49. The third-order valence-electron chi connectivity index (χ3n) is 1.82. The number of rotatable bonds is 1. The lowest BCUT2D eigenvalue weighted by Crippen LogP contribution is -1.84. The molecule has 0 radical (unpaired) electrons. The van der Waals surface area contributed by atoms with E-state index in [-0.39, 0.29) is 0 Å². The van der Waals surface area contributed by atoms with E-state index in [2.05, 4.69) is 50.0 Å². The van der Waals surface area contributed by atoms with Gasteiger partial charge >= 0.3 is 0 Å². The van der Waals surface area contributed by atoms with Crippen LogP contribution in [0.1, 0.15) is 0 Å². The van der Waals surface area contributed by atoms with Gasteiger partial charge in [0, 0.05) is 19.0 Å². The molecule has 4 heteroatoms. The number of benzene rings is 1. The lowest BCUT2D eigenvalue weighted by Gasteiger charge is -2.03. The first-order chi connectivity index (χ1) is 6.24. The molecule has 2 rings (SSSR count). The molecule has 0 spiro atoms. The summed E-state index contributed by atoms with van der Waals surface area (Å²) in [4.78, 5) is 0. The zero-order chi connectivity index (χ0) is 9.42. The number of fused-ring (bicyclic) bond motifs is 1. The van der Waals surface area contributed by atoms with Gasteiger partial charge in [-0.15, -0.1) is 11.3 Å². The van der Waals surface area contributed by atoms with Crippen LogP contribution in [0.4, 0.5) is 0 Å². The van der Waals surface area contributed by atoms with Crippen molar-refractivity contribution in [3.63, 3.8) is 0 Å². The summed E-state index contributed by atoms with van der Waals surface area (Å²) in [6, 6.07) is 4.07. The number of hydrogen-bond donors (Lipinski definition) is 0. The van der Waals surface area contributed by atoms with Crippen LogP contribution in [-0.4, -0.2) is 7.11 Å². The molecule has 0 fully saturated rings. The van der Waals surface area contributed by atoms with Crippen molar-refractivity contribution in [1.29, 1.82) is 0 Å².